The zero-order chi connectivity index (χ0) is 17.8. The molecule has 1 N–H and O–H groups in total. The number of ether oxygens (including phenoxy) is 1. The largest absolute Gasteiger partial charge is 0.444 e. The van der Waals surface area contributed by atoms with E-state index in [0.29, 0.717) is 0 Å². The van der Waals surface area contributed by atoms with Gasteiger partial charge in [0.2, 0.25) is 0 Å². The van der Waals surface area contributed by atoms with Gasteiger partial charge in [0.15, 0.2) is 0 Å². The van der Waals surface area contributed by atoms with Crippen LogP contribution < -0.4 is 5.32 Å². The molecule has 2 atom stereocenters. The maximum atomic E-state index is 12.1. The molecule has 1 aromatic carbocycles. The monoisotopic (exact) mass is 339 g/mol. The van der Waals surface area contributed by atoms with Gasteiger partial charge < -0.3 is 10.1 Å². The summed E-state index contributed by atoms with van der Waals surface area (Å²) in [7, 11) is 1.93. The number of hydrogen-bond acceptors (Lipinski definition) is 3. The molecule has 1 heterocycles. The number of nitrogens with zero attached hydrogens (tertiary/aromatic N) is 2. The number of rotatable bonds is 2. The standard InChI is InChI=1S/C20H25N3O2/c1-19(2,3)25-18(24)22-17-10-20(17)8-7-13-5-6-14(9-16(13)20)15-11-21-23(4)12-15/h5-6,9,11-12,17H,7-8,10H2,1-4H3,(H,22,24). The van der Waals surface area contributed by atoms with Gasteiger partial charge in [0.05, 0.1) is 6.20 Å². The fraction of sp³-hybridized carbons (Fsp3) is 0.500. The average Bonchev–Trinajstić information content (AvgIpc) is 2.85. The number of aromatic nitrogens is 2. The van der Waals surface area contributed by atoms with Gasteiger partial charge >= 0.3 is 6.09 Å². The van der Waals surface area contributed by atoms with Crippen molar-refractivity contribution in [2.24, 2.45) is 7.05 Å². The lowest BCUT2D eigenvalue weighted by molar-refractivity contribution is 0.0519. The smallest absolute Gasteiger partial charge is 0.407 e. The molecule has 0 saturated heterocycles. The number of benzene rings is 1. The zero-order valence-electron chi connectivity index (χ0n) is 15.3. The van der Waals surface area contributed by atoms with Crippen molar-refractivity contribution in [1.29, 1.82) is 0 Å². The molecule has 0 aliphatic heterocycles. The van der Waals surface area contributed by atoms with Gasteiger partial charge in [-0.3, -0.25) is 4.68 Å². The molecule has 1 saturated carbocycles. The van der Waals surface area contributed by atoms with Crippen molar-refractivity contribution in [2.45, 2.75) is 57.1 Å². The van der Waals surface area contributed by atoms with E-state index in [2.05, 4.69) is 28.6 Å². The second kappa shape index (κ2) is 5.35. The Bertz CT molecular complexity index is 834. The number of alkyl carbamates (subject to hydrolysis) is 1. The first-order valence-electron chi connectivity index (χ1n) is 8.89. The maximum absolute atomic E-state index is 12.1. The zero-order valence-corrected chi connectivity index (χ0v) is 15.3. The minimum atomic E-state index is -0.465. The quantitative estimate of drug-likeness (QED) is 0.910. The van der Waals surface area contributed by atoms with Gasteiger partial charge in [-0.2, -0.15) is 5.10 Å². The molecule has 0 radical (unpaired) electrons. The lowest BCUT2D eigenvalue weighted by Gasteiger charge is -2.20. The van der Waals surface area contributed by atoms with Crippen LogP contribution in [0, 0.1) is 0 Å². The van der Waals surface area contributed by atoms with Gasteiger partial charge in [-0.1, -0.05) is 18.2 Å². The summed E-state index contributed by atoms with van der Waals surface area (Å²) in [6.07, 6.45) is 6.79. The minimum Gasteiger partial charge on any atom is -0.444 e. The van der Waals surface area contributed by atoms with E-state index in [-0.39, 0.29) is 17.6 Å². The van der Waals surface area contributed by atoms with E-state index in [1.165, 1.54) is 16.7 Å². The lowest BCUT2D eigenvalue weighted by Crippen LogP contribution is -2.36. The highest BCUT2D eigenvalue weighted by Gasteiger charge is 2.59. The van der Waals surface area contributed by atoms with Gasteiger partial charge in [0.25, 0.3) is 0 Å². The van der Waals surface area contributed by atoms with Crippen molar-refractivity contribution in [2.75, 3.05) is 0 Å². The van der Waals surface area contributed by atoms with E-state index in [1.54, 1.807) is 0 Å². The molecule has 5 nitrogen and oxygen atoms in total. The van der Waals surface area contributed by atoms with Crippen molar-refractivity contribution in [3.8, 4) is 11.1 Å². The van der Waals surface area contributed by atoms with Crippen molar-refractivity contribution in [3.05, 3.63) is 41.7 Å². The predicted octanol–water partition coefficient (Wildman–Crippen LogP) is 3.57. The fourth-order valence-corrected chi connectivity index (χ4v) is 4.02. The summed E-state index contributed by atoms with van der Waals surface area (Å²) in [5, 5.41) is 7.34. The van der Waals surface area contributed by atoms with Crippen molar-refractivity contribution in [3.63, 3.8) is 0 Å². The Kier molecular flexibility index (Phi) is 3.46. The first kappa shape index (κ1) is 16.2. The van der Waals surface area contributed by atoms with Gasteiger partial charge in [-0.15, -0.1) is 0 Å². The van der Waals surface area contributed by atoms with Crippen LogP contribution in [0.15, 0.2) is 30.6 Å². The molecular formula is C20H25N3O2. The SMILES string of the molecule is Cn1cc(-c2ccc3c(c2)C2(CC3)CC2NC(=O)OC(C)(C)C)cn1. The van der Waals surface area contributed by atoms with E-state index in [4.69, 9.17) is 4.74 Å². The molecule has 2 aromatic rings. The third-order valence-corrected chi connectivity index (χ3v) is 5.29. The summed E-state index contributed by atoms with van der Waals surface area (Å²) >= 11 is 0. The molecule has 4 rings (SSSR count). The Morgan fingerprint density at radius 2 is 2.16 bits per heavy atom. The van der Waals surface area contributed by atoms with Gasteiger partial charge in [-0.05, 0) is 56.7 Å². The molecule has 1 spiro atoms. The normalized spacial score (nSPS) is 24.2. The molecule has 1 amide bonds. The van der Waals surface area contributed by atoms with Crippen LogP contribution in [0.5, 0.6) is 0 Å². The number of amides is 1. The summed E-state index contributed by atoms with van der Waals surface area (Å²) in [6, 6.07) is 6.87. The number of carbonyl (C=O) groups is 1. The highest BCUT2D eigenvalue weighted by atomic mass is 16.6. The van der Waals surface area contributed by atoms with Crippen LogP contribution in [0.4, 0.5) is 4.79 Å². The molecule has 1 fully saturated rings. The molecular weight excluding hydrogens is 314 g/mol. The summed E-state index contributed by atoms with van der Waals surface area (Å²) in [4.78, 5) is 12.1. The molecule has 0 bridgehead atoms. The van der Waals surface area contributed by atoms with E-state index >= 15 is 0 Å². The van der Waals surface area contributed by atoms with Crippen LogP contribution >= 0.6 is 0 Å². The third-order valence-electron chi connectivity index (χ3n) is 5.29. The van der Waals surface area contributed by atoms with Crippen LogP contribution in [0.3, 0.4) is 0 Å². The summed E-state index contributed by atoms with van der Waals surface area (Å²) in [5.41, 5.74) is 4.73. The fourth-order valence-electron chi connectivity index (χ4n) is 4.02. The first-order chi connectivity index (χ1) is 11.8. The second-order valence-corrected chi connectivity index (χ2v) is 8.33. The van der Waals surface area contributed by atoms with Gasteiger partial charge in [-0.25, -0.2) is 4.79 Å². The Hall–Kier alpha value is -2.30. The molecule has 132 valence electrons. The Labute approximate surface area is 148 Å². The Morgan fingerprint density at radius 3 is 2.84 bits per heavy atom. The highest BCUT2D eigenvalue weighted by Crippen LogP contribution is 2.57. The molecule has 2 unspecified atom stereocenters. The number of carbonyl (C=O) groups excluding carboxylic acids is 1. The van der Waals surface area contributed by atoms with Crippen molar-refractivity contribution < 1.29 is 9.53 Å². The number of fused-ring (bicyclic) bond motifs is 2. The van der Waals surface area contributed by atoms with Gasteiger partial charge in [0, 0.05) is 30.3 Å². The molecule has 1 aromatic heterocycles. The molecule has 5 heteroatoms. The Morgan fingerprint density at radius 1 is 1.36 bits per heavy atom. The van der Waals surface area contributed by atoms with Crippen LogP contribution in [-0.4, -0.2) is 27.5 Å². The highest BCUT2D eigenvalue weighted by molar-refractivity contribution is 5.71. The van der Waals surface area contributed by atoms with Crippen molar-refractivity contribution in [1.82, 2.24) is 15.1 Å². The van der Waals surface area contributed by atoms with E-state index < -0.39 is 5.60 Å². The predicted molar refractivity (Wildman–Crippen MR) is 96.4 cm³/mol. The number of aryl methyl sites for hydroxylation is 2. The van der Waals surface area contributed by atoms with Crippen LogP contribution in [0.1, 0.15) is 44.7 Å². The van der Waals surface area contributed by atoms with Crippen LogP contribution in [0.2, 0.25) is 0 Å². The minimum absolute atomic E-state index is 0.0878. The summed E-state index contributed by atoms with van der Waals surface area (Å²) < 4.78 is 7.24. The lowest BCUT2D eigenvalue weighted by atomic mass is 9.94. The summed E-state index contributed by atoms with van der Waals surface area (Å²) in [6.45, 7) is 5.67. The van der Waals surface area contributed by atoms with Crippen LogP contribution in [0.25, 0.3) is 11.1 Å². The first-order valence-corrected chi connectivity index (χ1v) is 8.89. The number of hydrogen-bond donors (Lipinski definition) is 1. The summed E-state index contributed by atoms with van der Waals surface area (Å²) in [5.74, 6) is 0. The molecule has 2 aliphatic rings. The van der Waals surface area contributed by atoms with E-state index in [9.17, 15) is 4.79 Å². The number of nitrogens with one attached hydrogen (secondary N) is 1. The molecule has 2 aliphatic carbocycles. The topological polar surface area (TPSA) is 56.2 Å². The Balaban J connectivity index is 1.55. The van der Waals surface area contributed by atoms with Crippen LogP contribution in [-0.2, 0) is 23.6 Å². The molecule has 25 heavy (non-hydrogen) atoms. The maximum Gasteiger partial charge on any atom is 0.407 e. The van der Waals surface area contributed by atoms with Gasteiger partial charge in [0.1, 0.15) is 5.60 Å². The van der Waals surface area contributed by atoms with E-state index in [0.717, 1.165) is 24.8 Å². The second-order valence-electron chi connectivity index (χ2n) is 8.33. The van der Waals surface area contributed by atoms with Crippen molar-refractivity contribution >= 4 is 6.09 Å². The average molecular weight is 339 g/mol. The third kappa shape index (κ3) is 2.92. The van der Waals surface area contributed by atoms with E-state index in [1.807, 2.05) is 44.9 Å².